The maximum Gasteiger partial charge on any atom is 0.245 e. The molecule has 2 amide bonds. The van der Waals surface area contributed by atoms with Gasteiger partial charge < -0.3 is 10.2 Å². The van der Waals surface area contributed by atoms with Crippen molar-refractivity contribution in [2.75, 3.05) is 0 Å². The van der Waals surface area contributed by atoms with Crippen LogP contribution in [-0.4, -0.2) is 33.8 Å². The molecule has 104 valence electrons. The number of amides is 2. The fourth-order valence-electron chi connectivity index (χ4n) is 2.24. The highest BCUT2D eigenvalue weighted by molar-refractivity contribution is 7.11. The predicted molar refractivity (Wildman–Crippen MR) is 73.7 cm³/mol. The number of nitrogens with zero attached hydrogens (tertiary/aromatic N) is 2. The molecule has 1 saturated heterocycles. The Morgan fingerprint density at radius 2 is 2.16 bits per heavy atom. The quantitative estimate of drug-likeness (QED) is 0.905. The third-order valence-corrected chi connectivity index (χ3v) is 4.46. The third-order valence-electron chi connectivity index (χ3n) is 3.33. The molecule has 0 spiro atoms. The van der Waals surface area contributed by atoms with E-state index in [-0.39, 0.29) is 17.9 Å². The second-order valence-corrected chi connectivity index (χ2v) is 5.89. The Morgan fingerprint density at radius 1 is 1.42 bits per heavy atom. The van der Waals surface area contributed by atoms with Gasteiger partial charge in [0.1, 0.15) is 17.1 Å². The fraction of sp³-hybridized carbons (Fsp3) is 0.615. The minimum atomic E-state index is -0.444. The zero-order valence-electron chi connectivity index (χ0n) is 11.5. The first kappa shape index (κ1) is 14.0. The smallest absolute Gasteiger partial charge is 0.245 e. The van der Waals surface area contributed by atoms with Crippen molar-refractivity contribution in [2.24, 2.45) is 0 Å². The number of piperazine rings is 1. The summed E-state index contributed by atoms with van der Waals surface area (Å²) in [5.41, 5.74) is 0. The van der Waals surface area contributed by atoms with Crippen LogP contribution in [0.4, 0.5) is 0 Å². The summed E-state index contributed by atoms with van der Waals surface area (Å²) in [6.45, 7) is 6.14. The molecule has 1 aliphatic heterocycles. The van der Waals surface area contributed by atoms with Crippen molar-refractivity contribution in [1.82, 2.24) is 15.2 Å². The summed E-state index contributed by atoms with van der Waals surface area (Å²) in [6, 6.07) is -0.821. The van der Waals surface area contributed by atoms with Gasteiger partial charge in [0, 0.05) is 11.1 Å². The third kappa shape index (κ3) is 2.78. The van der Waals surface area contributed by atoms with Crippen molar-refractivity contribution < 1.29 is 9.59 Å². The fourth-order valence-corrected chi connectivity index (χ4v) is 3.10. The molecule has 6 heteroatoms. The van der Waals surface area contributed by atoms with Crippen molar-refractivity contribution in [2.45, 2.75) is 52.2 Å². The average Bonchev–Trinajstić information content (AvgIpc) is 2.83. The first-order valence-electron chi connectivity index (χ1n) is 6.61. The molecule has 5 nitrogen and oxygen atoms in total. The monoisotopic (exact) mass is 281 g/mol. The van der Waals surface area contributed by atoms with Crippen molar-refractivity contribution >= 4 is 23.2 Å². The van der Waals surface area contributed by atoms with Crippen molar-refractivity contribution in [3.05, 3.63) is 16.1 Å². The molecule has 2 unspecified atom stereocenters. The highest BCUT2D eigenvalue weighted by Crippen LogP contribution is 2.20. The number of nitrogens with one attached hydrogen (secondary N) is 1. The average molecular weight is 281 g/mol. The number of thiazole rings is 1. The van der Waals surface area contributed by atoms with Crippen LogP contribution in [0.5, 0.6) is 0 Å². The van der Waals surface area contributed by atoms with Crippen LogP contribution in [0, 0.1) is 0 Å². The molecule has 0 aromatic carbocycles. The molecule has 0 bridgehead atoms. The number of hydrogen-bond donors (Lipinski definition) is 1. The van der Waals surface area contributed by atoms with Gasteiger partial charge in [-0.25, -0.2) is 4.98 Å². The van der Waals surface area contributed by atoms with E-state index < -0.39 is 6.04 Å². The van der Waals surface area contributed by atoms with E-state index >= 15 is 0 Å². The molecule has 1 aromatic heterocycles. The van der Waals surface area contributed by atoms with Crippen molar-refractivity contribution in [1.29, 1.82) is 0 Å². The molecule has 0 saturated carbocycles. The molecule has 1 aliphatic rings. The van der Waals surface area contributed by atoms with E-state index in [1.807, 2.05) is 13.1 Å². The SMILES string of the molecule is CCc1cnc(CN2C(=O)C(C)NC(=O)C2CC)s1. The van der Waals surface area contributed by atoms with E-state index in [0.717, 1.165) is 11.4 Å². The molecule has 2 heterocycles. The molecule has 1 N–H and O–H groups in total. The lowest BCUT2D eigenvalue weighted by atomic mass is 10.1. The van der Waals surface area contributed by atoms with Crippen LogP contribution >= 0.6 is 11.3 Å². The topological polar surface area (TPSA) is 62.3 Å². The van der Waals surface area contributed by atoms with Gasteiger partial charge in [-0.2, -0.15) is 0 Å². The van der Waals surface area contributed by atoms with Gasteiger partial charge in [-0.3, -0.25) is 9.59 Å². The number of carbonyl (C=O) groups excluding carboxylic acids is 2. The lowest BCUT2D eigenvalue weighted by Crippen LogP contribution is -2.61. The van der Waals surface area contributed by atoms with Crippen LogP contribution in [-0.2, 0) is 22.6 Å². The highest BCUT2D eigenvalue weighted by Gasteiger charge is 2.37. The van der Waals surface area contributed by atoms with Gasteiger partial charge >= 0.3 is 0 Å². The Labute approximate surface area is 117 Å². The predicted octanol–water partition coefficient (Wildman–Crippen LogP) is 1.33. The van der Waals surface area contributed by atoms with Gasteiger partial charge in [0.15, 0.2) is 0 Å². The van der Waals surface area contributed by atoms with E-state index in [4.69, 9.17) is 0 Å². The van der Waals surface area contributed by atoms with Gasteiger partial charge in [0.25, 0.3) is 0 Å². The molecule has 0 aliphatic carbocycles. The Morgan fingerprint density at radius 3 is 2.74 bits per heavy atom. The largest absolute Gasteiger partial charge is 0.343 e. The zero-order valence-corrected chi connectivity index (χ0v) is 12.3. The molecule has 1 fully saturated rings. The van der Waals surface area contributed by atoms with Gasteiger partial charge in [-0.1, -0.05) is 13.8 Å². The van der Waals surface area contributed by atoms with Crippen LogP contribution in [0.2, 0.25) is 0 Å². The molecule has 2 rings (SSSR count). The summed E-state index contributed by atoms with van der Waals surface area (Å²) < 4.78 is 0. The van der Waals surface area contributed by atoms with Gasteiger partial charge in [-0.15, -0.1) is 11.3 Å². The normalized spacial score (nSPS) is 23.6. The van der Waals surface area contributed by atoms with Crippen molar-refractivity contribution in [3.8, 4) is 0 Å². The number of hydrogen-bond acceptors (Lipinski definition) is 4. The molecular formula is C13H19N3O2S. The van der Waals surface area contributed by atoms with Gasteiger partial charge in [0.2, 0.25) is 11.8 Å². The highest BCUT2D eigenvalue weighted by atomic mass is 32.1. The van der Waals surface area contributed by atoms with Crippen molar-refractivity contribution in [3.63, 3.8) is 0 Å². The van der Waals surface area contributed by atoms with E-state index in [2.05, 4.69) is 17.2 Å². The van der Waals surface area contributed by atoms with Crippen LogP contribution in [0.25, 0.3) is 0 Å². The molecule has 2 atom stereocenters. The summed E-state index contributed by atoms with van der Waals surface area (Å²) >= 11 is 1.61. The summed E-state index contributed by atoms with van der Waals surface area (Å²) in [7, 11) is 0. The standard InChI is InChI=1S/C13H19N3O2S/c1-4-9-6-14-11(19-9)7-16-10(5-2)12(17)15-8(3)13(16)18/h6,8,10H,4-5,7H2,1-3H3,(H,15,17). The summed E-state index contributed by atoms with van der Waals surface area (Å²) in [5, 5.41) is 3.61. The van der Waals surface area contributed by atoms with E-state index in [0.29, 0.717) is 13.0 Å². The lowest BCUT2D eigenvalue weighted by Gasteiger charge is -2.37. The minimum Gasteiger partial charge on any atom is -0.343 e. The first-order valence-corrected chi connectivity index (χ1v) is 7.42. The zero-order chi connectivity index (χ0) is 14.0. The number of aromatic nitrogens is 1. The Balaban J connectivity index is 2.18. The number of carbonyl (C=O) groups is 2. The second-order valence-electron chi connectivity index (χ2n) is 4.69. The second kappa shape index (κ2) is 5.69. The van der Waals surface area contributed by atoms with Gasteiger partial charge in [0.05, 0.1) is 6.54 Å². The molecule has 0 radical (unpaired) electrons. The summed E-state index contributed by atoms with van der Waals surface area (Å²) in [4.78, 5) is 31.3. The van der Waals surface area contributed by atoms with Crippen LogP contribution in [0.3, 0.4) is 0 Å². The van der Waals surface area contributed by atoms with Gasteiger partial charge in [-0.05, 0) is 19.8 Å². The van der Waals surface area contributed by atoms with E-state index in [1.165, 1.54) is 4.88 Å². The van der Waals surface area contributed by atoms with E-state index in [1.54, 1.807) is 23.2 Å². The van der Waals surface area contributed by atoms with Crippen LogP contribution in [0.15, 0.2) is 6.20 Å². The van der Waals surface area contributed by atoms with E-state index in [9.17, 15) is 9.59 Å². The maximum atomic E-state index is 12.2. The summed E-state index contributed by atoms with van der Waals surface area (Å²) in [6.07, 6.45) is 3.41. The molecular weight excluding hydrogens is 262 g/mol. The summed E-state index contributed by atoms with van der Waals surface area (Å²) in [5.74, 6) is -0.0958. The minimum absolute atomic E-state index is 0.0281. The number of aryl methyl sites for hydroxylation is 1. The van der Waals surface area contributed by atoms with Crippen LogP contribution in [0.1, 0.15) is 37.1 Å². The Kier molecular flexibility index (Phi) is 4.19. The number of rotatable bonds is 4. The van der Waals surface area contributed by atoms with Crippen LogP contribution < -0.4 is 5.32 Å². The lowest BCUT2D eigenvalue weighted by molar-refractivity contribution is -0.149. The molecule has 1 aromatic rings. The first-order chi connectivity index (χ1) is 9.06. The maximum absolute atomic E-state index is 12.2. The molecule has 19 heavy (non-hydrogen) atoms. The Bertz CT molecular complexity index is 486. The Hall–Kier alpha value is -1.43.